The monoisotopic (exact) mass is 361 g/mol. The molecular weight excluding hydrogens is 350 g/mol. The predicted molar refractivity (Wildman–Crippen MR) is 75.3 cm³/mol. The summed E-state index contributed by atoms with van der Waals surface area (Å²) in [7, 11) is -3.50. The van der Waals surface area contributed by atoms with E-state index in [9.17, 15) is 18.0 Å². The molecule has 3 N–H and O–H groups in total. The molecule has 0 unspecified atom stereocenters. The SMILES string of the molecule is CS(=O)(=O)NC[C@@]1(c2ccc(Br)cc2)NC(=O)NC1=O. The molecule has 1 aliphatic rings. The van der Waals surface area contributed by atoms with Gasteiger partial charge in [-0.15, -0.1) is 0 Å². The van der Waals surface area contributed by atoms with Gasteiger partial charge in [-0.1, -0.05) is 28.1 Å². The molecule has 1 aromatic rings. The van der Waals surface area contributed by atoms with Crippen molar-refractivity contribution in [3.63, 3.8) is 0 Å². The molecule has 2 rings (SSSR count). The Hall–Kier alpha value is -1.45. The topological polar surface area (TPSA) is 104 Å². The highest BCUT2D eigenvalue weighted by atomic mass is 79.9. The van der Waals surface area contributed by atoms with Crippen molar-refractivity contribution >= 4 is 37.9 Å². The minimum Gasteiger partial charge on any atom is -0.318 e. The average Bonchev–Trinajstić information content (AvgIpc) is 2.62. The van der Waals surface area contributed by atoms with Crippen LogP contribution in [0.3, 0.4) is 0 Å². The third kappa shape index (κ3) is 3.00. The van der Waals surface area contributed by atoms with E-state index in [1.54, 1.807) is 24.3 Å². The average molecular weight is 362 g/mol. The van der Waals surface area contributed by atoms with E-state index in [1.165, 1.54) is 0 Å². The van der Waals surface area contributed by atoms with E-state index in [2.05, 4.69) is 31.3 Å². The summed E-state index contributed by atoms with van der Waals surface area (Å²) >= 11 is 3.27. The van der Waals surface area contributed by atoms with Crippen molar-refractivity contribution in [2.45, 2.75) is 5.54 Å². The molecule has 0 saturated carbocycles. The van der Waals surface area contributed by atoms with E-state index < -0.39 is 27.5 Å². The summed E-state index contributed by atoms with van der Waals surface area (Å²) in [6, 6.07) is 6.02. The molecule has 1 aliphatic heterocycles. The molecule has 1 heterocycles. The van der Waals surface area contributed by atoms with Gasteiger partial charge in [0.2, 0.25) is 10.0 Å². The number of amides is 3. The molecule has 108 valence electrons. The molecule has 1 saturated heterocycles. The maximum absolute atomic E-state index is 12.1. The van der Waals surface area contributed by atoms with Crippen LogP contribution in [0.5, 0.6) is 0 Å². The highest BCUT2D eigenvalue weighted by Gasteiger charge is 2.48. The summed E-state index contributed by atoms with van der Waals surface area (Å²) < 4.78 is 25.5. The number of sulfonamides is 1. The fourth-order valence-electron chi connectivity index (χ4n) is 1.90. The first-order chi connectivity index (χ1) is 9.23. The molecular formula is C11H12BrN3O4S. The second-order valence-corrected chi connectivity index (χ2v) is 7.16. The first-order valence-corrected chi connectivity index (χ1v) is 8.26. The minimum absolute atomic E-state index is 0.259. The van der Waals surface area contributed by atoms with Crippen LogP contribution < -0.4 is 15.4 Å². The summed E-state index contributed by atoms with van der Waals surface area (Å²) in [5.41, 5.74) is -0.957. The molecule has 1 fully saturated rings. The largest absolute Gasteiger partial charge is 0.322 e. The van der Waals surface area contributed by atoms with Gasteiger partial charge in [0.25, 0.3) is 5.91 Å². The van der Waals surface area contributed by atoms with Crippen molar-refractivity contribution in [2.24, 2.45) is 0 Å². The van der Waals surface area contributed by atoms with Crippen LogP contribution in [0, 0.1) is 0 Å². The maximum atomic E-state index is 12.1. The number of imide groups is 1. The number of urea groups is 1. The smallest absolute Gasteiger partial charge is 0.318 e. The van der Waals surface area contributed by atoms with Gasteiger partial charge in [0.05, 0.1) is 6.26 Å². The van der Waals surface area contributed by atoms with Crippen molar-refractivity contribution in [3.05, 3.63) is 34.3 Å². The van der Waals surface area contributed by atoms with Crippen molar-refractivity contribution in [1.82, 2.24) is 15.4 Å². The molecule has 0 aliphatic carbocycles. The lowest BCUT2D eigenvalue weighted by atomic mass is 9.90. The lowest BCUT2D eigenvalue weighted by Gasteiger charge is -2.26. The van der Waals surface area contributed by atoms with Crippen LogP contribution >= 0.6 is 15.9 Å². The highest BCUT2D eigenvalue weighted by molar-refractivity contribution is 9.10. The molecule has 1 atom stereocenters. The molecule has 7 nitrogen and oxygen atoms in total. The Bertz CT molecular complexity index is 659. The van der Waals surface area contributed by atoms with Gasteiger partial charge in [0.1, 0.15) is 0 Å². The van der Waals surface area contributed by atoms with Gasteiger partial charge in [-0.3, -0.25) is 10.1 Å². The molecule has 9 heteroatoms. The summed E-state index contributed by atoms with van der Waals surface area (Å²) in [5, 5.41) is 4.61. The highest BCUT2D eigenvalue weighted by Crippen LogP contribution is 2.26. The summed E-state index contributed by atoms with van der Waals surface area (Å²) in [6.45, 7) is -0.259. The Morgan fingerprint density at radius 3 is 2.30 bits per heavy atom. The van der Waals surface area contributed by atoms with Crippen LogP contribution in [0.2, 0.25) is 0 Å². The van der Waals surface area contributed by atoms with Crippen molar-refractivity contribution < 1.29 is 18.0 Å². The van der Waals surface area contributed by atoms with Crippen LogP contribution in [0.15, 0.2) is 28.7 Å². The van der Waals surface area contributed by atoms with E-state index in [0.29, 0.717) is 5.56 Å². The van der Waals surface area contributed by atoms with Crippen LogP contribution in [0.1, 0.15) is 5.56 Å². The summed E-state index contributed by atoms with van der Waals surface area (Å²) in [4.78, 5) is 23.5. The van der Waals surface area contributed by atoms with Crippen molar-refractivity contribution in [3.8, 4) is 0 Å². The number of rotatable bonds is 4. The lowest BCUT2D eigenvalue weighted by molar-refractivity contribution is -0.124. The zero-order valence-electron chi connectivity index (χ0n) is 10.4. The molecule has 20 heavy (non-hydrogen) atoms. The van der Waals surface area contributed by atoms with Gasteiger partial charge in [0.15, 0.2) is 5.54 Å². The van der Waals surface area contributed by atoms with E-state index in [-0.39, 0.29) is 6.54 Å². The molecule has 0 aromatic heterocycles. The Labute approximate surface area is 124 Å². The van der Waals surface area contributed by atoms with Gasteiger partial charge in [-0.2, -0.15) is 0 Å². The molecule has 0 bridgehead atoms. The Morgan fingerprint density at radius 2 is 1.85 bits per heavy atom. The van der Waals surface area contributed by atoms with Crippen LogP contribution in [-0.4, -0.2) is 33.2 Å². The fourth-order valence-corrected chi connectivity index (χ4v) is 2.64. The molecule has 0 spiro atoms. The first-order valence-electron chi connectivity index (χ1n) is 5.57. The number of hydrogen-bond donors (Lipinski definition) is 3. The Balaban J connectivity index is 2.42. The quantitative estimate of drug-likeness (QED) is 0.658. The minimum atomic E-state index is -3.50. The number of hydrogen-bond acceptors (Lipinski definition) is 4. The Morgan fingerprint density at radius 1 is 1.25 bits per heavy atom. The van der Waals surface area contributed by atoms with E-state index in [4.69, 9.17) is 0 Å². The predicted octanol–water partition coefficient (Wildman–Crippen LogP) is 0.0330. The van der Waals surface area contributed by atoms with E-state index in [0.717, 1.165) is 10.7 Å². The third-order valence-electron chi connectivity index (χ3n) is 2.88. The lowest BCUT2D eigenvalue weighted by Crippen LogP contribution is -2.52. The van der Waals surface area contributed by atoms with Crippen LogP contribution in [0.4, 0.5) is 4.79 Å². The van der Waals surface area contributed by atoms with Gasteiger partial charge < -0.3 is 5.32 Å². The van der Waals surface area contributed by atoms with Crippen molar-refractivity contribution in [2.75, 3.05) is 12.8 Å². The normalized spacial score (nSPS) is 22.5. The second kappa shape index (κ2) is 5.15. The van der Waals surface area contributed by atoms with E-state index >= 15 is 0 Å². The Kier molecular flexibility index (Phi) is 3.85. The number of nitrogens with one attached hydrogen (secondary N) is 3. The zero-order valence-corrected chi connectivity index (χ0v) is 12.8. The second-order valence-electron chi connectivity index (χ2n) is 4.41. The molecule has 1 aromatic carbocycles. The van der Waals surface area contributed by atoms with Gasteiger partial charge in [-0.25, -0.2) is 17.9 Å². The number of carbonyl (C=O) groups excluding carboxylic acids is 2. The van der Waals surface area contributed by atoms with Gasteiger partial charge in [0, 0.05) is 11.0 Å². The number of halogens is 1. The summed E-state index contributed by atoms with van der Waals surface area (Å²) in [6.07, 6.45) is 0.983. The fraction of sp³-hybridized carbons (Fsp3) is 0.273. The third-order valence-corrected chi connectivity index (χ3v) is 4.08. The van der Waals surface area contributed by atoms with Crippen molar-refractivity contribution in [1.29, 1.82) is 0 Å². The first kappa shape index (κ1) is 14.9. The number of benzene rings is 1. The molecule has 3 amide bonds. The van der Waals surface area contributed by atoms with Crippen LogP contribution in [0.25, 0.3) is 0 Å². The van der Waals surface area contributed by atoms with E-state index in [1.807, 2.05) is 0 Å². The van der Waals surface area contributed by atoms with Crippen LogP contribution in [-0.2, 0) is 20.4 Å². The zero-order chi connectivity index (χ0) is 15.0. The van der Waals surface area contributed by atoms with Gasteiger partial charge >= 0.3 is 6.03 Å². The summed E-state index contributed by atoms with van der Waals surface area (Å²) in [5.74, 6) is -0.596. The maximum Gasteiger partial charge on any atom is 0.322 e. The van der Waals surface area contributed by atoms with Gasteiger partial charge in [-0.05, 0) is 17.7 Å². The number of carbonyl (C=O) groups is 2. The standard InChI is InChI=1S/C11H12BrN3O4S/c1-20(18,19)13-6-11(9(16)14-10(17)15-11)7-2-4-8(12)5-3-7/h2-5,13H,6H2,1H3,(H2,14,15,16,17)/t11-/m0/s1. The molecule has 0 radical (unpaired) electrons.